The minimum Gasteiger partial charge on any atom is -0.506 e. The molecule has 0 spiro atoms. The largest absolute Gasteiger partial charge is 0.506 e. The number of aliphatic imine (C=N–C) groups is 1. The van der Waals surface area contributed by atoms with E-state index in [1.54, 1.807) is 0 Å². The van der Waals surface area contributed by atoms with E-state index in [4.69, 9.17) is 14.7 Å². The van der Waals surface area contributed by atoms with Crippen molar-refractivity contribution >= 4 is 22.4 Å². The summed E-state index contributed by atoms with van der Waals surface area (Å²) in [6.07, 6.45) is 5.10. The first kappa shape index (κ1) is 33.2. The van der Waals surface area contributed by atoms with E-state index in [-0.39, 0.29) is 38.3 Å². The first-order valence-corrected chi connectivity index (χ1v) is 16.2. The molecular weight excluding hydrogens is 738 g/mol. The molecule has 2 heterocycles. The monoisotopic (exact) mass is 783 g/mol. The average molecular weight is 784 g/mol. The summed E-state index contributed by atoms with van der Waals surface area (Å²) in [6.45, 7) is 18.3. The number of aromatic nitrogens is 1. The van der Waals surface area contributed by atoms with Crippen molar-refractivity contribution in [3.63, 3.8) is 0 Å². The maximum atomic E-state index is 10.9. The van der Waals surface area contributed by atoms with Gasteiger partial charge in [-0.1, -0.05) is 77.3 Å². The summed E-state index contributed by atoms with van der Waals surface area (Å²) in [7, 11) is 0. The van der Waals surface area contributed by atoms with Crippen LogP contribution in [-0.4, -0.2) is 28.5 Å². The van der Waals surface area contributed by atoms with Gasteiger partial charge in [0.2, 0.25) is 5.88 Å². The fraction of sp³-hybridized carbons (Fsp3) is 0.436. The van der Waals surface area contributed by atoms with Gasteiger partial charge in [-0.15, -0.1) is 17.2 Å². The quantitative estimate of drug-likeness (QED) is 0.198. The molecule has 1 aliphatic carbocycles. The Balaban J connectivity index is 0.00000400. The minimum absolute atomic E-state index is 0. The number of ether oxygens (including phenoxy) is 1. The van der Waals surface area contributed by atoms with Gasteiger partial charge in [-0.3, -0.25) is 0 Å². The van der Waals surface area contributed by atoms with Crippen molar-refractivity contribution in [2.75, 3.05) is 11.4 Å². The second-order valence-electron chi connectivity index (χ2n) is 14.3. The van der Waals surface area contributed by atoms with Crippen LogP contribution in [0.1, 0.15) is 99.6 Å². The first-order chi connectivity index (χ1) is 20.9. The number of hydrogen-bond acceptors (Lipinski definition) is 5. The van der Waals surface area contributed by atoms with Gasteiger partial charge >= 0.3 is 0 Å². The molecule has 0 unspecified atom stereocenters. The topological polar surface area (TPSA) is 58.0 Å². The Hall–Kier alpha value is -3.17. The fourth-order valence-electron chi connectivity index (χ4n) is 7.02. The smallest absolute Gasteiger partial charge is 0.217 e. The molecule has 1 atom stereocenters. The van der Waals surface area contributed by atoms with Gasteiger partial charge in [-0.2, -0.15) is 0 Å². The van der Waals surface area contributed by atoms with Gasteiger partial charge in [0.05, 0.1) is 11.9 Å². The van der Waals surface area contributed by atoms with E-state index >= 15 is 0 Å². The van der Waals surface area contributed by atoms with Crippen molar-refractivity contribution in [2.24, 2.45) is 10.9 Å². The second-order valence-corrected chi connectivity index (χ2v) is 14.3. The number of hydrogen-bond donors (Lipinski definition) is 1. The molecule has 1 N–H and O–H groups in total. The summed E-state index contributed by atoms with van der Waals surface area (Å²) in [6, 6.07) is 20.4. The van der Waals surface area contributed by atoms with E-state index in [1.807, 2.05) is 18.2 Å². The standard InChI is InChI=1S/C39H46N3O2.Pt/c1-23(2)29-17-30(20-32(19-29)44-35-14-13-28-18-31(39(6,7)8)21-34(43)36(28)41-35)38-40-33(27-11-9-10-12-27)22-42(38)37-25(4)15-24(3)16-26(37)5;/h13-19,21,23,27,33,43H,9-12,22H2,1-8H3;/q-1;/t33-;/m1./s1. The summed E-state index contributed by atoms with van der Waals surface area (Å²) in [4.78, 5) is 12.6. The summed E-state index contributed by atoms with van der Waals surface area (Å²) >= 11 is 0. The summed E-state index contributed by atoms with van der Waals surface area (Å²) < 4.78 is 6.41. The molecule has 0 radical (unpaired) electrons. The van der Waals surface area contributed by atoms with E-state index < -0.39 is 0 Å². The van der Waals surface area contributed by atoms with Crippen LogP contribution in [0.25, 0.3) is 10.9 Å². The van der Waals surface area contributed by atoms with Crippen LogP contribution in [0.5, 0.6) is 17.4 Å². The van der Waals surface area contributed by atoms with E-state index in [2.05, 4.69) is 96.7 Å². The third-order valence-corrected chi connectivity index (χ3v) is 9.36. The Morgan fingerprint density at radius 1 is 0.956 bits per heavy atom. The van der Waals surface area contributed by atoms with Crippen LogP contribution >= 0.6 is 0 Å². The molecule has 1 aliphatic heterocycles. The molecule has 3 aromatic carbocycles. The van der Waals surface area contributed by atoms with Crippen molar-refractivity contribution in [1.29, 1.82) is 0 Å². The molecular formula is C39H46N3O2Pt-. The molecule has 240 valence electrons. The number of pyridine rings is 1. The molecule has 0 amide bonds. The Morgan fingerprint density at radius 3 is 2.29 bits per heavy atom. The number of anilines is 1. The molecule has 1 fully saturated rings. The molecule has 4 aromatic rings. The predicted octanol–water partition coefficient (Wildman–Crippen LogP) is 9.70. The summed E-state index contributed by atoms with van der Waals surface area (Å²) in [5, 5.41) is 11.8. The van der Waals surface area contributed by atoms with E-state index in [9.17, 15) is 5.11 Å². The molecule has 0 bridgehead atoms. The third kappa shape index (κ3) is 6.85. The van der Waals surface area contributed by atoms with Crippen LogP contribution in [0.3, 0.4) is 0 Å². The van der Waals surface area contributed by atoms with E-state index in [0.29, 0.717) is 29.0 Å². The SMILES string of the molecule is Cc1cc(C)c(N2C[C@H](C3CCCC3)N=C2c2[c-]c(Oc3ccc4cc(C(C)(C)C)cc(O)c4n3)cc(C(C)C)c2)c(C)c1.[Pt]. The van der Waals surface area contributed by atoms with Crippen LogP contribution < -0.4 is 9.64 Å². The number of phenolic OH excluding ortho intramolecular Hbond substituents is 1. The number of aromatic hydroxyl groups is 1. The van der Waals surface area contributed by atoms with Gasteiger partial charge < -0.3 is 19.7 Å². The molecule has 6 rings (SSSR count). The predicted molar refractivity (Wildman–Crippen MR) is 182 cm³/mol. The molecule has 45 heavy (non-hydrogen) atoms. The molecule has 2 aliphatic rings. The number of benzene rings is 3. The zero-order chi connectivity index (χ0) is 31.3. The zero-order valence-corrected chi connectivity index (χ0v) is 30.2. The number of fused-ring (bicyclic) bond motifs is 1. The van der Waals surface area contributed by atoms with Crippen LogP contribution in [-0.2, 0) is 26.5 Å². The summed E-state index contributed by atoms with van der Waals surface area (Å²) in [5.41, 5.74) is 8.71. The van der Waals surface area contributed by atoms with Gasteiger partial charge in [0.15, 0.2) is 0 Å². The Bertz CT molecular complexity index is 1720. The van der Waals surface area contributed by atoms with Crippen LogP contribution in [0.4, 0.5) is 5.69 Å². The number of amidine groups is 1. The molecule has 6 heteroatoms. The zero-order valence-electron chi connectivity index (χ0n) is 27.9. The van der Waals surface area contributed by atoms with E-state index in [0.717, 1.165) is 34.5 Å². The Labute approximate surface area is 283 Å². The molecule has 1 aromatic heterocycles. The number of nitrogens with zero attached hydrogens (tertiary/aromatic N) is 3. The average Bonchev–Trinajstić information content (AvgIpc) is 3.63. The molecule has 5 nitrogen and oxygen atoms in total. The van der Waals surface area contributed by atoms with Crippen molar-refractivity contribution in [3.8, 4) is 17.4 Å². The van der Waals surface area contributed by atoms with Crippen molar-refractivity contribution < 1.29 is 30.9 Å². The van der Waals surface area contributed by atoms with Gasteiger partial charge in [-0.25, -0.2) is 4.98 Å². The van der Waals surface area contributed by atoms with Crippen molar-refractivity contribution in [2.45, 2.75) is 98.4 Å². The molecule has 0 saturated heterocycles. The van der Waals surface area contributed by atoms with Gasteiger partial charge in [0.1, 0.15) is 11.3 Å². The Kier molecular flexibility index (Phi) is 9.52. The molecule has 1 saturated carbocycles. The summed E-state index contributed by atoms with van der Waals surface area (Å²) in [5.74, 6) is 3.09. The van der Waals surface area contributed by atoms with Crippen LogP contribution in [0, 0.1) is 32.8 Å². The fourth-order valence-corrected chi connectivity index (χ4v) is 7.02. The maximum Gasteiger partial charge on any atom is 0.217 e. The number of aryl methyl sites for hydroxylation is 3. The van der Waals surface area contributed by atoms with Crippen LogP contribution in [0.15, 0.2) is 53.5 Å². The normalized spacial score (nSPS) is 17.2. The minimum atomic E-state index is -0.0766. The van der Waals surface area contributed by atoms with Crippen LogP contribution in [0.2, 0.25) is 0 Å². The third-order valence-electron chi connectivity index (χ3n) is 9.36. The van der Waals surface area contributed by atoms with Gasteiger partial charge in [-0.05, 0) is 85.8 Å². The van der Waals surface area contributed by atoms with Gasteiger partial charge in [0.25, 0.3) is 0 Å². The first-order valence-electron chi connectivity index (χ1n) is 16.2. The van der Waals surface area contributed by atoms with Crippen molar-refractivity contribution in [3.05, 3.63) is 88.0 Å². The Morgan fingerprint density at radius 2 is 1.64 bits per heavy atom. The van der Waals surface area contributed by atoms with Gasteiger partial charge in [0, 0.05) is 50.5 Å². The number of rotatable bonds is 6. The second kappa shape index (κ2) is 12.9. The van der Waals surface area contributed by atoms with Crippen molar-refractivity contribution in [1.82, 2.24) is 4.98 Å². The maximum absolute atomic E-state index is 10.9. The van der Waals surface area contributed by atoms with E-state index in [1.165, 1.54) is 48.1 Å². The number of phenols is 1.